The van der Waals surface area contributed by atoms with E-state index in [0.717, 1.165) is 55.3 Å². The van der Waals surface area contributed by atoms with E-state index in [1.165, 1.54) is 6.07 Å². The van der Waals surface area contributed by atoms with Crippen molar-refractivity contribution in [3.8, 4) is 5.75 Å². The molecule has 4 rings (SSSR count). The summed E-state index contributed by atoms with van der Waals surface area (Å²) in [6.45, 7) is 3.37. The first-order chi connectivity index (χ1) is 16.0. The average Bonchev–Trinajstić information content (AvgIpc) is 3.11. The molecule has 7 nitrogen and oxygen atoms in total. The highest BCUT2D eigenvalue weighted by molar-refractivity contribution is 5.91. The molecule has 1 aromatic heterocycles. The predicted molar refractivity (Wildman–Crippen MR) is 123 cm³/mol. The summed E-state index contributed by atoms with van der Waals surface area (Å²) in [6, 6.07) is 13.7. The molecule has 0 saturated carbocycles. The molecule has 1 aliphatic rings. The van der Waals surface area contributed by atoms with Gasteiger partial charge in [0, 0.05) is 30.6 Å². The Morgan fingerprint density at radius 1 is 0.970 bits per heavy atom. The first-order valence-electron chi connectivity index (χ1n) is 11.2. The molecule has 2 aromatic carbocycles. The molecule has 0 unspecified atom stereocenters. The van der Waals surface area contributed by atoms with Gasteiger partial charge in [-0.3, -0.25) is 4.79 Å². The molecule has 0 aliphatic carbocycles. The summed E-state index contributed by atoms with van der Waals surface area (Å²) in [5.74, 6) is -0.0889. The van der Waals surface area contributed by atoms with Crippen molar-refractivity contribution in [2.45, 2.75) is 39.2 Å². The van der Waals surface area contributed by atoms with E-state index < -0.39 is 11.6 Å². The van der Waals surface area contributed by atoms with Crippen molar-refractivity contribution >= 4 is 22.8 Å². The number of ether oxygens (including phenoxy) is 2. The van der Waals surface area contributed by atoms with Gasteiger partial charge in [0.05, 0.1) is 5.56 Å². The van der Waals surface area contributed by atoms with E-state index in [0.29, 0.717) is 16.9 Å². The second kappa shape index (κ2) is 10.3. The van der Waals surface area contributed by atoms with Crippen LogP contribution in [0.25, 0.3) is 11.0 Å². The Balaban J connectivity index is 1.30. The molecule has 0 N–H and O–H groups in total. The SMILES string of the molecule is Cc1cc(=O)oc2cc(OCc3ccc(C(=O)OCC(=O)N4CCCCCC4)cc3)ccc12. The van der Waals surface area contributed by atoms with Crippen LogP contribution in [-0.2, 0) is 16.1 Å². The standard InChI is InChI=1S/C26H27NO6/c1-18-14-25(29)33-23-15-21(10-11-22(18)23)31-16-19-6-8-20(9-7-19)26(30)32-17-24(28)27-12-4-2-3-5-13-27/h6-11,14-15H,2-5,12-13,16-17H2,1H3. The number of hydrogen-bond donors (Lipinski definition) is 0. The molecule has 0 radical (unpaired) electrons. The second-order valence-corrected chi connectivity index (χ2v) is 8.26. The average molecular weight is 450 g/mol. The maximum absolute atomic E-state index is 12.3. The molecule has 7 heteroatoms. The summed E-state index contributed by atoms with van der Waals surface area (Å²) in [6.07, 6.45) is 4.26. The molecule has 1 amide bonds. The van der Waals surface area contributed by atoms with Crippen molar-refractivity contribution in [1.29, 1.82) is 0 Å². The third kappa shape index (κ3) is 5.80. The number of likely N-dealkylation sites (tertiary alicyclic amines) is 1. The summed E-state index contributed by atoms with van der Waals surface area (Å²) in [5, 5.41) is 0.860. The van der Waals surface area contributed by atoms with Gasteiger partial charge in [-0.05, 0) is 55.2 Å². The quantitative estimate of drug-likeness (QED) is 0.413. The molecule has 3 aromatic rings. The lowest BCUT2D eigenvalue weighted by Crippen LogP contribution is -2.35. The Morgan fingerprint density at radius 3 is 2.42 bits per heavy atom. The number of carbonyl (C=O) groups excluding carboxylic acids is 2. The number of rotatable bonds is 6. The minimum Gasteiger partial charge on any atom is -0.489 e. The van der Waals surface area contributed by atoms with E-state index in [-0.39, 0.29) is 19.1 Å². The first-order valence-corrected chi connectivity index (χ1v) is 11.2. The van der Waals surface area contributed by atoms with Gasteiger partial charge in [-0.1, -0.05) is 25.0 Å². The molecule has 0 spiro atoms. The van der Waals surface area contributed by atoms with E-state index in [1.54, 1.807) is 35.2 Å². The molecular weight excluding hydrogens is 422 g/mol. The number of benzene rings is 2. The third-order valence-corrected chi connectivity index (χ3v) is 5.80. The number of amides is 1. The molecule has 172 valence electrons. The molecule has 1 saturated heterocycles. The van der Waals surface area contributed by atoms with Gasteiger partial charge < -0.3 is 18.8 Å². The fourth-order valence-corrected chi connectivity index (χ4v) is 3.92. The molecule has 0 atom stereocenters. The van der Waals surface area contributed by atoms with Crippen LogP contribution in [-0.4, -0.2) is 36.5 Å². The lowest BCUT2D eigenvalue weighted by Gasteiger charge is -2.19. The largest absolute Gasteiger partial charge is 0.489 e. The van der Waals surface area contributed by atoms with Crippen LogP contribution in [0.4, 0.5) is 0 Å². The lowest BCUT2D eigenvalue weighted by molar-refractivity contribution is -0.134. The Kier molecular flexibility index (Phi) is 7.07. The van der Waals surface area contributed by atoms with Gasteiger partial charge >= 0.3 is 11.6 Å². The predicted octanol–water partition coefficient (Wildman–Crippen LogP) is 4.24. The van der Waals surface area contributed by atoms with Crippen LogP contribution in [0.15, 0.2) is 57.7 Å². The normalized spacial score (nSPS) is 14.0. The fraction of sp³-hybridized carbons (Fsp3) is 0.346. The summed E-state index contributed by atoms with van der Waals surface area (Å²) in [5.41, 5.74) is 2.17. The minimum absolute atomic E-state index is 0.142. The third-order valence-electron chi connectivity index (χ3n) is 5.80. The highest BCUT2D eigenvalue weighted by Gasteiger charge is 2.17. The maximum atomic E-state index is 12.3. The van der Waals surface area contributed by atoms with Gasteiger partial charge in [-0.2, -0.15) is 0 Å². The number of hydrogen-bond acceptors (Lipinski definition) is 6. The van der Waals surface area contributed by atoms with Gasteiger partial charge in [0.2, 0.25) is 0 Å². The van der Waals surface area contributed by atoms with Crippen LogP contribution in [0.5, 0.6) is 5.75 Å². The zero-order chi connectivity index (χ0) is 23.2. The topological polar surface area (TPSA) is 86.0 Å². The number of fused-ring (bicyclic) bond motifs is 1. The van der Waals surface area contributed by atoms with E-state index in [4.69, 9.17) is 13.9 Å². The van der Waals surface area contributed by atoms with Gasteiger partial charge in [-0.15, -0.1) is 0 Å². The maximum Gasteiger partial charge on any atom is 0.338 e. The summed E-state index contributed by atoms with van der Waals surface area (Å²) in [4.78, 5) is 38.0. The van der Waals surface area contributed by atoms with Crippen LogP contribution < -0.4 is 10.4 Å². The van der Waals surface area contributed by atoms with Gasteiger partial charge in [0.25, 0.3) is 5.91 Å². The van der Waals surface area contributed by atoms with Crippen molar-refractivity contribution in [2.24, 2.45) is 0 Å². The van der Waals surface area contributed by atoms with Crippen LogP contribution >= 0.6 is 0 Å². The molecule has 1 aliphatic heterocycles. The number of aryl methyl sites for hydroxylation is 1. The van der Waals surface area contributed by atoms with Gasteiger partial charge in [0.1, 0.15) is 17.9 Å². The Morgan fingerprint density at radius 2 is 1.70 bits per heavy atom. The number of nitrogens with zero attached hydrogens (tertiary/aromatic N) is 1. The van der Waals surface area contributed by atoms with Gasteiger partial charge in [-0.25, -0.2) is 9.59 Å². The molecular formula is C26H27NO6. The summed E-state index contributed by atoms with van der Waals surface area (Å²) >= 11 is 0. The minimum atomic E-state index is -0.523. The van der Waals surface area contributed by atoms with E-state index in [9.17, 15) is 14.4 Å². The van der Waals surface area contributed by atoms with Crippen LogP contribution in [0, 0.1) is 6.92 Å². The van der Waals surface area contributed by atoms with Crippen LogP contribution in [0.2, 0.25) is 0 Å². The van der Waals surface area contributed by atoms with Crippen molar-refractivity contribution in [3.63, 3.8) is 0 Å². The summed E-state index contributed by atoms with van der Waals surface area (Å²) in [7, 11) is 0. The van der Waals surface area contributed by atoms with Crippen molar-refractivity contribution < 1.29 is 23.5 Å². The van der Waals surface area contributed by atoms with Crippen molar-refractivity contribution in [3.05, 3.63) is 75.6 Å². The molecule has 33 heavy (non-hydrogen) atoms. The van der Waals surface area contributed by atoms with E-state index in [2.05, 4.69) is 0 Å². The first kappa shape index (κ1) is 22.6. The monoisotopic (exact) mass is 449 g/mol. The number of carbonyl (C=O) groups is 2. The molecule has 2 heterocycles. The highest BCUT2D eigenvalue weighted by Crippen LogP contribution is 2.23. The fourth-order valence-electron chi connectivity index (χ4n) is 3.92. The van der Waals surface area contributed by atoms with Crippen molar-refractivity contribution in [2.75, 3.05) is 19.7 Å². The second-order valence-electron chi connectivity index (χ2n) is 8.26. The molecule has 1 fully saturated rings. The zero-order valence-corrected chi connectivity index (χ0v) is 18.7. The number of esters is 1. The Bertz CT molecular complexity index is 1190. The lowest BCUT2D eigenvalue weighted by atomic mass is 10.1. The molecule has 0 bridgehead atoms. The Labute approximate surface area is 191 Å². The highest BCUT2D eigenvalue weighted by atomic mass is 16.5. The van der Waals surface area contributed by atoms with Crippen LogP contribution in [0.1, 0.15) is 47.2 Å². The zero-order valence-electron chi connectivity index (χ0n) is 18.7. The van der Waals surface area contributed by atoms with Crippen molar-refractivity contribution in [1.82, 2.24) is 4.90 Å². The van der Waals surface area contributed by atoms with E-state index >= 15 is 0 Å². The van der Waals surface area contributed by atoms with Gasteiger partial charge in [0.15, 0.2) is 6.61 Å². The smallest absolute Gasteiger partial charge is 0.338 e. The van der Waals surface area contributed by atoms with Crippen LogP contribution in [0.3, 0.4) is 0 Å². The summed E-state index contributed by atoms with van der Waals surface area (Å²) < 4.78 is 16.3. The Hall–Kier alpha value is -3.61. The van der Waals surface area contributed by atoms with E-state index in [1.807, 2.05) is 19.1 Å².